The van der Waals surface area contributed by atoms with E-state index in [-0.39, 0.29) is 11.8 Å². The molecule has 102 valence electrons. The van der Waals surface area contributed by atoms with Crippen LogP contribution in [0.25, 0.3) is 5.70 Å². The van der Waals surface area contributed by atoms with Crippen molar-refractivity contribution >= 4 is 23.4 Å². The van der Waals surface area contributed by atoms with Crippen molar-refractivity contribution in [2.45, 2.75) is 25.3 Å². The summed E-state index contributed by atoms with van der Waals surface area (Å²) in [6.45, 7) is 3.86. The minimum atomic E-state index is -0.698. The third-order valence-corrected chi connectivity index (χ3v) is 3.58. The molecular formula is C14H13N3O3. The molecule has 1 aromatic heterocycles. The van der Waals surface area contributed by atoms with Crippen molar-refractivity contribution in [2.75, 3.05) is 0 Å². The standard InChI is InChI=1S/C14H13N3O3/c1-8-12-9(4-3-7-15-12)14(20)17(8)10-5-2-6-11(18)16-13(10)19/h3-4,7,10H,1-2,5-6H2,(H,16,18,19)/t10-/m0/s1. The number of nitrogens with one attached hydrogen (secondary N) is 1. The van der Waals surface area contributed by atoms with Gasteiger partial charge in [-0.05, 0) is 25.0 Å². The van der Waals surface area contributed by atoms with E-state index in [1.165, 1.54) is 4.90 Å². The Morgan fingerprint density at radius 3 is 2.90 bits per heavy atom. The summed E-state index contributed by atoms with van der Waals surface area (Å²) in [5.41, 5.74) is 1.36. The fourth-order valence-electron chi connectivity index (χ4n) is 2.62. The molecule has 1 N–H and O–H groups in total. The fraction of sp³-hybridized carbons (Fsp3) is 0.286. The second-order valence-corrected chi connectivity index (χ2v) is 4.84. The molecule has 3 amide bonds. The molecule has 1 atom stereocenters. The van der Waals surface area contributed by atoms with Crippen molar-refractivity contribution in [1.29, 1.82) is 0 Å². The molecule has 0 unspecified atom stereocenters. The molecule has 0 aromatic carbocycles. The number of pyridine rings is 1. The van der Waals surface area contributed by atoms with Gasteiger partial charge in [0.1, 0.15) is 6.04 Å². The molecule has 6 nitrogen and oxygen atoms in total. The normalized spacial score (nSPS) is 22.6. The van der Waals surface area contributed by atoms with Gasteiger partial charge < -0.3 is 0 Å². The molecule has 6 heteroatoms. The van der Waals surface area contributed by atoms with Crippen molar-refractivity contribution in [3.8, 4) is 0 Å². The van der Waals surface area contributed by atoms with Crippen LogP contribution in [-0.2, 0) is 9.59 Å². The third kappa shape index (κ3) is 1.80. The Morgan fingerprint density at radius 1 is 1.35 bits per heavy atom. The second-order valence-electron chi connectivity index (χ2n) is 4.84. The number of aromatic nitrogens is 1. The number of carbonyl (C=O) groups is 3. The SMILES string of the molecule is C=C1c2ncccc2C(=O)N1[C@H]1CCCC(=O)NC1=O. The van der Waals surface area contributed by atoms with E-state index in [2.05, 4.69) is 16.9 Å². The number of hydrogen-bond donors (Lipinski definition) is 1. The summed E-state index contributed by atoms with van der Waals surface area (Å²) in [5, 5.41) is 2.30. The van der Waals surface area contributed by atoms with Gasteiger partial charge in [0.15, 0.2) is 0 Å². The van der Waals surface area contributed by atoms with Crippen LogP contribution < -0.4 is 5.32 Å². The van der Waals surface area contributed by atoms with E-state index < -0.39 is 11.9 Å². The van der Waals surface area contributed by atoms with Gasteiger partial charge in [-0.2, -0.15) is 0 Å². The zero-order valence-corrected chi connectivity index (χ0v) is 10.8. The molecule has 1 aromatic rings. The first-order valence-corrected chi connectivity index (χ1v) is 6.41. The van der Waals surface area contributed by atoms with E-state index in [1.807, 2.05) is 0 Å². The monoisotopic (exact) mass is 271 g/mol. The van der Waals surface area contributed by atoms with Crippen LogP contribution in [0.3, 0.4) is 0 Å². The summed E-state index contributed by atoms with van der Waals surface area (Å²) in [6.07, 6.45) is 2.87. The molecule has 0 radical (unpaired) electrons. The number of imide groups is 1. The summed E-state index contributed by atoms with van der Waals surface area (Å²) >= 11 is 0. The lowest BCUT2D eigenvalue weighted by molar-refractivity contribution is -0.131. The van der Waals surface area contributed by atoms with Crippen LogP contribution in [0.2, 0.25) is 0 Å². The van der Waals surface area contributed by atoms with E-state index in [4.69, 9.17) is 0 Å². The van der Waals surface area contributed by atoms with Gasteiger partial charge in [-0.3, -0.25) is 29.6 Å². The lowest BCUT2D eigenvalue weighted by Gasteiger charge is -2.25. The first-order valence-electron chi connectivity index (χ1n) is 6.41. The predicted molar refractivity (Wildman–Crippen MR) is 70.2 cm³/mol. The first-order chi connectivity index (χ1) is 9.59. The lowest BCUT2D eigenvalue weighted by atomic mass is 10.1. The highest BCUT2D eigenvalue weighted by molar-refractivity contribution is 6.11. The maximum absolute atomic E-state index is 12.4. The Morgan fingerprint density at radius 2 is 2.15 bits per heavy atom. The van der Waals surface area contributed by atoms with Gasteiger partial charge in [-0.25, -0.2) is 0 Å². The largest absolute Gasteiger partial charge is 0.295 e. The average Bonchev–Trinajstić information content (AvgIpc) is 2.57. The molecule has 0 aliphatic carbocycles. The van der Waals surface area contributed by atoms with Gasteiger partial charge in [-0.15, -0.1) is 0 Å². The first kappa shape index (κ1) is 12.5. The summed E-state index contributed by atoms with van der Waals surface area (Å²) in [7, 11) is 0. The summed E-state index contributed by atoms with van der Waals surface area (Å²) in [5.74, 6) is -1.03. The molecule has 1 saturated heterocycles. The minimum absolute atomic E-state index is 0.285. The number of amides is 3. The molecule has 0 bridgehead atoms. The molecule has 3 heterocycles. The smallest absolute Gasteiger partial charge is 0.261 e. The van der Waals surface area contributed by atoms with Gasteiger partial charge in [-0.1, -0.05) is 6.58 Å². The highest BCUT2D eigenvalue weighted by Crippen LogP contribution is 2.33. The number of hydrogen-bond acceptors (Lipinski definition) is 4. The van der Waals surface area contributed by atoms with Crippen LogP contribution in [0.15, 0.2) is 24.9 Å². The molecule has 1 fully saturated rings. The number of carbonyl (C=O) groups excluding carboxylic acids is 3. The maximum atomic E-state index is 12.4. The molecule has 0 spiro atoms. The Balaban J connectivity index is 1.96. The summed E-state index contributed by atoms with van der Waals surface area (Å²) in [4.78, 5) is 41.3. The van der Waals surface area contributed by atoms with Gasteiger partial charge in [0.2, 0.25) is 11.8 Å². The minimum Gasteiger partial charge on any atom is -0.295 e. The molecule has 2 aliphatic heterocycles. The van der Waals surface area contributed by atoms with Crippen LogP contribution in [0, 0.1) is 0 Å². The number of nitrogens with zero attached hydrogens (tertiary/aromatic N) is 2. The van der Waals surface area contributed by atoms with Crippen molar-refractivity contribution in [1.82, 2.24) is 15.2 Å². The predicted octanol–water partition coefficient (Wildman–Crippen LogP) is 0.703. The molecular weight excluding hydrogens is 258 g/mol. The topological polar surface area (TPSA) is 79.4 Å². The zero-order valence-electron chi connectivity index (χ0n) is 10.8. The Hall–Kier alpha value is -2.50. The Kier molecular flexibility index (Phi) is 2.85. The van der Waals surface area contributed by atoms with Gasteiger partial charge in [0.05, 0.1) is 17.0 Å². The highest BCUT2D eigenvalue weighted by Gasteiger charge is 2.40. The molecule has 20 heavy (non-hydrogen) atoms. The zero-order chi connectivity index (χ0) is 14.3. The van der Waals surface area contributed by atoms with E-state index >= 15 is 0 Å². The van der Waals surface area contributed by atoms with Crippen molar-refractivity contribution in [3.63, 3.8) is 0 Å². The lowest BCUT2D eigenvalue weighted by Crippen LogP contribution is -2.46. The fourth-order valence-corrected chi connectivity index (χ4v) is 2.62. The molecule has 0 saturated carbocycles. The van der Waals surface area contributed by atoms with Gasteiger partial charge in [0.25, 0.3) is 5.91 Å². The summed E-state index contributed by atoms with van der Waals surface area (Å²) < 4.78 is 0. The number of rotatable bonds is 1. The van der Waals surface area contributed by atoms with E-state index in [1.54, 1.807) is 18.3 Å². The van der Waals surface area contributed by atoms with Crippen LogP contribution in [0.1, 0.15) is 35.3 Å². The van der Waals surface area contributed by atoms with Crippen LogP contribution in [0.5, 0.6) is 0 Å². The second kappa shape index (κ2) is 4.56. The van der Waals surface area contributed by atoms with Crippen LogP contribution in [-0.4, -0.2) is 33.6 Å². The summed E-state index contributed by atoms with van der Waals surface area (Å²) in [6, 6.07) is 2.63. The number of fused-ring (bicyclic) bond motifs is 1. The quantitative estimate of drug-likeness (QED) is 0.763. The highest BCUT2D eigenvalue weighted by atomic mass is 16.2. The van der Waals surface area contributed by atoms with Crippen molar-refractivity contribution in [2.24, 2.45) is 0 Å². The third-order valence-electron chi connectivity index (χ3n) is 3.58. The van der Waals surface area contributed by atoms with Crippen LogP contribution >= 0.6 is 0 Å². The van der Waals surface area contributed by atoms with E-state index in [9.17, 15) is 14.4 Å². The van der Waals surface area contributed by atoms with Crippen molar-refractivity contribution < 1.29 is 14.4 Å². The molecule has 2 aliphatic rings. The molecule has 3 rings (SSSR count). The average molecular weight is 271 g/mol. The van der Waals surface area contributed by atoms with E-state index in [0.717, 1.165) is 0 Å². The van der Waals surface area contributed by atoms with E-state index in [0.29, 0.717) is 36.2 Å². The maximum Gasteiger partial charge on any atom is 0.261 e. The Labute approximate surface area is 115 Å². The van der Waals surface area contributed by atoms with Gasteiger partial charge in [0, 0.05) is 12.6 Å². The van der Waals surface area contributed by atoms with Gasteiger partial charge >= 0.3 is 0 Å². The van der Waals surface area contributed by atoms with Crippen molar-refractivity contribution in [3.05, 3.63) is 36.2 Å². The Bertz CT molecular complexity index is 603. The van der Waals surface area contributed by atoms with Crippen LogP contribution in [0.4, 0.5) is 0 Å².